The summed E-state index contributed by atoms with van der Waals surface area (Å²) in [6, 6.07) is 0. The van der Waals surface area contributed by atoms with Crippen molar-refractivity contribution < 1.29 is 14.3 Å². The molecule has 0 aromatic rings. The lowest BCUT2D eigenvalue weighted by Gasteiger charge is -2.54. The van der Waals surface area contributed by atoms with E-state index >= 15 is 0 Å². The van der Waals surface area contributed by atoms with Gasteiger partial charge in [0.15, 0.2) is 5.78 Å². The summed E-state index contributed by atoms with van der Waals surface area (Å²) in [6.07, 6.45) is 13.0. The molecule has 4 aliphatic carbocycles. The van der Waals surface area contributed by atoms with E-state index in [2.05, 4.69) is 53.7 Å². The first kappa shape index (κ1) is 24.7. The van der Waals surface area contributed by atoms with Crippen molar-refractivity contribution in [2.24, 2.45) is 46.3 Å². The van der Waals surface area contributed by atoms with Crippen LogP contribution in [0.4, 0.5) is 0 Å². The van der Waals surface area contributed by atoms with Gasteiger partial charge in [-0.1, -0.05) is 59.3 Å². The second-order valence-electron chi connectivity index (χ2n) is 12.7. The van der Waals surface area contributed by atoms with Crippen LogP contribution in [-0.4, -0.2) is 17.9 Å². The topological polar surface area (TPSA) is 43.4 Å². The smallest absolute Gasteiger partial charge is 0.302 e. The molecule has 0 spiro atoms. The number of ketones is 1. The number of carbonyl (C=O) groups is 2. The van der Waals surface area contributed by atoms with Gasteiger partial charge in [-0.2, -0.15) is 0 Å². The van der Waals surface area contributed by atoms with E-state index in [4.69, 9.17) is 4.74 Å². The molecule has 0 bridgehead atoms. The molecule has 0 radical (unpaired) electrons. The molecule has 3 heteroatoms. The molecule has 8 unspecified atom stereocenters. The third-order valence-electron chi connectivity index (χ3n) is 10.6. The van der Waals surface area contributed by atoms with Gasteiger partial charge in [-0.25, -0.2) is 0 Å². The Labute approximate surface area is 201 Å². The van der Waals surface area contributed by atoms with Gasteiger partial charge in [0.05, 0.1) is 0 Å². The molecule has 0 N–H and O–H groups in total. The van der Waals surface area contributed by atoms with Crippen molar-refractivity contribution >= 4 is 11.8 Å². The molecule has 0 aromatic carbocycles. The first-order valence-corrected chi connectivity index (χ1v) is 13.6. The Morgan fingerprint density at radius 1 is 1.06 bits per heavy atom. The molecule has 0 aromatic heterocycles. The van der Waals surface area contributed by atoms with Gasteiger partial charge in [0.25, 0.3) is 0 Å². The molecule has 2 fully saturated rings. The van der Waals surface area contributed by atoms with E-state index in [0.29, 0.717) is 47.7 Å². The quantitative estimate of drug-likeness (QED) is 0.323. The van der Waals surface area contributed by atoms with E-state index in [1.54, 1.807) is 0 Å². The SMILES string of the molecule is CC(=O)OC1CCC2(C)C3=C(C(=O)CC2C1)C1CCC(C(C)C=CC(C)C(C)C)C1(C)CC3. The summed E-state index contributed by atoms with van der Waals surface area (Å²) < 4.78 is 5.56. The maximum atomic E-state index is 13.6. The second kappa shape index (κ2) is 9.00. The van der Waals surface area contributed by atoms with Gasteiger partial charge in [0.1, 0.15) is 6.10 Å². The van der Waals surface area contributed by atoms with Crippen molar-refractivity contribution in [2.45, 2.75) is 106 Å². The summed E-state index contributed by atoms with van der Waals surface area (Å²) in [5, 5.41) is 0. The lowest BCUT2D eigenvalue weighted by Crippen LogP contribution is -2.48. The lowest BCUT2D eigenvalue weighted by molar-refractivity contribution is -0.150. The van der Waals surface area contributed by atoms with Crippen LogP contribution < -0.4 is 0 Å². The highest BCUT2D eigenvalue weighted by atomic mass is 16.5. The summed E-state index contributed by atoms with van der Waals surface area (Å²) in [5.41, 5.74) is 3.07. The van der Waals surface area contributed by atoms with E-state index in [9.17, 15) is 9.59 Å². The van der Waals surface area contributed by atoms with E-state index in [-0.39, 0.29) is 22.9 Å². The van der Waals surface area contributed by atoms with Crippen molar-refractivity contribution in [1.82, 2.24) is 0 Å². The largest absolute Gasteiger partial charge is 0.463 e. The van der Waals surface area contributed by atoms with Gasteiger partial charge in [-0.3, -0.25) is 9.59 Å². The van der Waals surface area contributed by atoms with Gasteiger partial charge < -0.3 is 4.74 Å². The molecule has 3 nitrogen and oxygen atoms in total. The monoisotopic (exact) mass is 454 g/mol. The highest BCUT2D eigenvalue weighted by Crippen LogP contribution is 2.65. The number of Topliss-reactive ketones (excluding diaryl/α,β-unsaturated/α-hetero) is 1. The minimum absolute atomic E-state index is 0.0129. The average Bonchev–Trinajstić information content (AvgIpc) is 3.09. The van der Waals surface area contributed by atoms with Gasteiger partial charge >= 0.3 is 5.97 Å². The zero-order chi connectivity index (χ0) is 24.1. The van der Waals surface area contributed by atoms with Crippen LogP contribution in [0.3, 0.4) is 0 Å². The Morgan fingerprint density at radius 3 is 2.45 bits per heavy atom. The minimum atomic E-state index is -0.193. The van der Waals surface area contributed by atoms with E-state index in [1.165, 1.54) is 37.3 Å². The van der Waals surface area contributed by atoms with Gasteiger partial charge in [0.2, 0.25) is 0 Å². The van der Waals surface area contributed by atoms with Crippen LogP contribution in [-0.2, 0) is 14.3 Å². The second-order valence-corrected chi connectivity index (χ2v) is 12.7. The van der Waals surface area contributed by atoms with Crippen LogP contribution in [0, 0.1) is 46.3 Å². The van der Waals surface area contributed by atoms with E-state index < -0.39 is 0 Å². The average molecular weight is 455 g/mol. The predicted octanol–water partition coefficient (Wildman–Crippen LogP) is 7.30. The van der Waals surface area contributed by atoms with E-state index in [1.807, 2.05) is 0 Å². The third kappa shape index (κ3) is 4.27. The molecule has 0 saturated heterocycles. The van der Waals surface area contributed by atoms with Gasteiger partial charge in [0, 0.05) is 13.3 Å². The fourth-order valence-corrected chi connectivity index (χ4v) is 8.10. The number of fused-ring (bicyclic) bond motifs is 4. The molecular formula is C30H46O3. The highest BCUT2D eigenvalue weighted by Gasteiger charge is 2.58. The number of esters is 1. The molecule has 0 aliphatic heterocycles. The number of hydrogen-bond donors (Lipinski definition) is 0. The summed E-state index contributed by atoms with van der Waals surface area (Å²) in [4.78, 5) is 25.1. The predicted molar refractivity (Wildman–Crippen MR) is 134 cm³/mol. The van der Waals surface area contributed by atoms with Crippen LogP contribution in [0.5, 0.6) is 0 Å². The Hall–Kier alpha value is -1.38. The van der Waals surface area contributed by atoms with Crippen molar-refractivity contribution in [3.63, 3.8) is 0 Å². The fraction of sp³-hybridized carbons (Fsp3) is 0.800. The third-order valence-corrected chi connectivity index (χ3v) is 10.6. The minimum Gasteiger partial charge on any atom is -0.463 e. The van der Waals surface area contributed by atoms with Crippen LogP contribution in [0.25, 0.3) is 0 Å². The summed E-state index contributed by atoms with van der Waals surface area (Å²) in [6.45, 7) is 15.7. The maximum absolute atomic E-state index is 13.6. The van der Waals surface area contributed by atoms with Gasteiger partial charge in [-0.05, 0) is 96.9 Å². The van der Waals surface area contributed by atoms with E-state index in [0.717, 1.165) is 25.7 Å². The molecule has 184 valence electrons. The first-order valence-electron chi connectivity index (χ1n) is 13.6. The molecule has 4 aliphatic rings. The number of hydrogen-bond acceptors (Lipinski definition) is 3. The number of ether oxygens (including phenoxy) is 1. The van der Waals surface area contributed by atoms with Crippen LogP contribution in [0.2, 0.25) is 0 Å². The van der Waals surface area contributed by atoms with Gasteiger partial charge in [-0.15, -0.1) is 0 Å². The lowest BCUT2D eigenvalue weighted by atomic mass is 9.50. The molecule has 8 atom stereocenters. The van der Waals surface area contributed by atoms with Crippen molar-refractivity contribution in [3.05, 3.63) is 23.3 Å². The number of rotatable bonds is 5. The molecular weight excluding hydrogens is 408 g/mol. The maximum Gasteiger partial charge on any atom is 0.302 e. The molecule has 0 heterocycles. The highest BCUT2D eigenvalue weighted by molar-refractivity contribution is 5.98. The van der Waals surface area contributed by atoms with Crippen LogP contribution >= 0.6 is 0 Å². The Balaban J connectivity index is 1.58. The Bertz CT molecular complexity index is 851. The number of carbonyl (C=O) groups excluding carboxylic acids is 2. The van der Waals surface area contributed by atoms with Crippen LogP contribution in [0.1, 0.15) is 99.8 Å². The number of allylic oxidation sites excluding steroid dienone is 4. The molecule has 33 heavy (non-hydrogen) atoms. The normalized spacial score (nSPS) is 40.4. The molecule has 0 amide bonds. The summed E-state index contributed by atoms with van der Waals surface area (Å²) in [5.74, 6) is 3.47. The Kier molecular flexibility index (Phi) is 6.75. The fourth-order valence-electron chi connectivity index (χ4n) is 8.10. The van der Waals surface area contributed by atoms with Crippen molar-refractivity contribution in [2.75, 3.05) is 0 Å². The Morgan fingerprint density at radius 2 is 1.79 bits per heavy atom. The standard InChI is InChI=1S/C30H46O3/c1-18(2)19(3)8-9-20(4)24-10-11-25-28-26(13-15-30(24,25)7)29(6)14-12-23(33-21(5)31)16-22(29)17-27(28)32/h8-9,18-20,22-25H,10-17H2,1-7H3. The van der Waals surface area contributed by atoms with Crippen molar-refractivity contribution in [1.29, 1.82) is 0 Å². The summed E-state index contributed by atoms with van der Waals surface area (Å²) in [7, 11) is 0. The zero-order valence-corrected chi connectivity index (χ0v) is 22.1. The van der Waals surface area contributed by atoms with Crippen molar-refractivity contribution in [3.8, 4) is 0 Å². The molecule has 4 rings (SSSR count). The molecule has 2 saturated carbocycles. The zero-order valence-electron chi connectivity index (χ0n) is 22.1. The van der Waals surface area contributed by atoms with Crippen LogP contribution in [0.15, 0.2) is 23.3 Å². The first-order chi connectivity index (χ1) is 15.5. The summed E-state index contributed by atoms with van der Waals surface area (Å²) >= 11 is 0.